The molecule has 0 bridgehead atoms. The second kappa shape index (κ2) is 9.92. The number of nitrogens with one attached hydrogen (secondary N) is 1. The highest BCUT2D eigenvalue weighted by Gasteiger charge is 2.46. The van der Waals surface area contributed by atoms with Crippen LogP contribution in [0, 0.1) is 24.6 Å². The summed E-state index contributed by atoms with van der Waals surface area (Å²) < 4.78 is 24.7. The van der Waals surface area contributed by atoms with Crippen LogP contribution in [0.15, 0.2) is 42.0 Å². The number of halogens is 1. The van der Waals surface area contributed by atoms with E-state index in [4.69, 9.17) is 15.2 Å². The minimum atomic E-state index is -0.691. The molecular weight excluding hydrogens is 395 g/mol. The first kappa shape index (κ1) is 22.6. The van der Waals surface area contributed by atoms with Gasteiger partial charge in [0, 0.05) is 24.7 Å². The number of hydrogen-bond donors (Lipinski definition) is 3. The Bertz CT molecular complexity index is 793. The Labute approximate surface area is 184 Å². The zero-order valence-corrected chi connectivity index (χ0v) is 18.4. The van der Waals surface area contributed by atoms with Crippen LogP contribution in [0.25, 0.3) is 0 Å². The van der Waals surface area contributed by atoms with Crippen molar-refractivity contribution in [2.24, 2.45) is 17.6 Å². The molecule has 0 spiro atoms. The third kappa shape index (κ3) is 5.82. The number of aliphatic hydroxyl groups excluding tert-OH is 1. The Morgan fingerprint density at radius 3 is 2.90 bits per heavy atom. The van der Waals surface area contributed by atoms with Gasteiger partial charge in [-0.2, -0.15) is 0 Å². The lowest BCUT2D eigenvalue weighted by molar-refractivity contribution is -0.0368. The molecule has 3 aliphatic rings. The van der Waals surface area contributed by atoms with Crippen LogP contribution < -0.4 is 11.1 Å². The number of aryl methyl sites for hydroxylation is 1. The summed E-state index contributed by atoms with van der Waals surface area (Å²) in [5.41, 5.74) is 9.32. The summed E-state index contributed by atoms with van der Waals surface area (Å²) in [6.45, 7) is 4.19. The molecular formula is C25H35FN2O3. The predicted molar refractivity (Wildman–Crippen MR) is 119 cm³/mol. The second-order valence-electron chi connectivity index (χ2n) is 9.43. The van der Waals surface area contributed by atoms with Crippen LogP contribution in [0.4, 0.5) is 4.39 Å². The zero-order valence-electron chi connectivity index (χ0n) is 18.4. The number of allylic oxidation sites excluding steroid dienone is 3. The molecule has 1 saturated carbocycles. The first-order valence-electron chi connectivity index (χ1n) is 11.4. The van der Waals surface area contributed by atoms with E-state index < -0.39 is 12.1 Å². The van der Waals surface area contributed by atoms with Gasteiger partial charge < -0.3 is 25.6 Å². The average molecular weight is 431 g/mol. The van der Waals surface area contributed by atoms with Crippen molar-refractivity contribution >= 4 is 0 Å². The highest BCUT2D eigenvalue weighted by atomic mass is 19.1. The molecule has 170 valence electrons. The van der Waals surface area contributed by atoms with Gasteiger partial charge in [-0.25, -0.2) is 4.39 Å². The monoisotopic (exact) mass is 430 g/mol. The highest BCUT2D eigenvalue weighted by Crippen LogP contribution is 2.47. The number of rotatable bonds is 8. The molecule has 1 aromatic carbocycles. The maximum Gasteiger partial charge on any atom is 0.146 e. The lowest BCUT2D eigenvalue weighted by Crippen LogP contribution is -2.47. The normalized spacial score (nSPS) is 27.3. The third-order valence-electron chi connectivity index (χ3n) is 6.93. The minimum absolute atomic E-state index is 0.0265. The summed E-state index contributed by atoms with van der Waals surface area (Å²) in [5.74, 6) is 0.681. The fraction of sp³-hybridized carbons (Fsp3) is 0.600. The minimum Gasteiger partial charge on any atom is -0.390 e. The molecule has 2 aliphatic carbocycles. The first-order valence-corrected chi connectivity index (χ1v) is 11.4. The van der Waals surface area contributed by atoms with E-state index in [1.807, 2.05) is 13.0 Å². The average Bonchev–Trinajstić information content (AvgIpc) is 3.56. The van der Waals surface area contributed by atoms with E-state index in [1.54, 1.807) is 0 Å². The molecule has 0 amide bonds. The van der Waals surface area contributed by atoms with Gasteiger partial charge >= 0.3 is 0 Å². The second-order valence-corrected chi connectivity index (χ2v) is 9.43. The van der Waals surface area contributed by atoms with Crippen molar-refractivity contribution < 1.29 is 19.0 Å². The summed E-state index contributed by atoms with van der Waals surface area (Å²) in [6, 6.07) is 4.47. The summed E-state index contributed by atoms with van der Waals surface area (Å²) in [5, 5.41) is 14.3. The number of hydrogen-bond acceptors (Lipinski definition) is 5. The van der Waals surface area contributed by atoms with E-state index >= 15 is 0 Å². The van der Waals surface area contributed by atoms with Crippen molar-refractivity contribution in [2.75, 3.05) is 26.6 Å². The summed E-state index contributed by atoms with van der Waals surface area (Å²) >= 11 is 0. The van der Waals surface area contributed by atoms with Crippen LogP contribution in [0.3, 0.4) is 0 Å². The highest BCUT2D eigenvalue weighted by molar-refractivity contribution is 5.35. The van der Waals surface area contributed by atoms with Gasteiger partial charge in [0.25, 0.3) is 0 Å². The van der Waals surface area contributed by atoms with Gasteiger partial charge in [0.05, 0.1) is 12.7 Å². The van der Waals surface area contributed by atoms with E-state index in [-0.39, 0.29) is 11.4 Å². The number of β-amino-alcohol motifs (C(OH)–C–C–N with tert-alkyl or cyclic N) is 1. The molecule has 4 unspecified atom stereocenters. The molecule has 4 atom stereocenters. The van der Waals surface area contributed by atoms with Crippen LogP contribution in [0.2, 0.25) is 0 Å². The molecule has 1 aliphatic heterocycles. The van der Waals surface area contributed by atoms with Crippen molar-refractivity contribution in [3.8, 4) is 0 Å². The van der Waals surface area contributed by atoms with E-state index in [1.165, 1.54) is 17.7 Å². The summed E-state index contributed by atoms with van der Waals surface area (Å²) in [4.78, 5) is 0. The van der Waals surface area contributed by atoms with E-state index in [0.29, 0.717) is 31.6 Å². The molecule has 1 aromatic rings. The van der Waals surface area contributed by atoms with Crippen LogP contribution in [-0.4, -0.2) is 49.3 Å². The van der Waals surface area contributed by atoms with Gasteiger partial charge in [-0.3, -0.25) is 0 Å². The van der Waals surface area contributed by atoms with Crippen LogP contribution in [-0.2, 0) is 15.9 Å². The number of nitrogens with two attached hydrogens (primary N) is 1. The van der Waals surface area contributed by atoms with E-state index in [9.17, 15) is 9.50 Å². The van der Waals surface area contributed by atoms with Crippen molar-refractivity contribution in [3.63, 3.8) is 0 Å². The van der Waals surface area contributed by atoms with Crippen molar-refractivity contribution in [1.29, 1.82) is 0 Å². The third-order valence-corrected chi connectivity index (χ3v) is 6.93. The summed E-state index contributed by atoms with van der Waals surface area (Å²) in [7, 11) is 0. The summed E-state index contributed by atoms with van der Waals surface area (Å²) in [6.07, 6.45) is 10.7. The van der Waals surface area contributed by atoms with Gasteiger partial charge in [0.2, 0.25) is 0 Å². The van der Waals surface area contributed by atoms with E-state index in [0.717, 1.165) is 50.0 Å². The number of aliphatic hydroxyl groups is 1. The molecule has 31 heavy (non-hydrogen) atoms. The molecule has 0 aromatic heterocycles. The predicted octanol–water partition coefficient (Wildman–Crippen LogP) is 3.00. The Hall–Kier alpha value is -1.57. The first-order chi connectivity index (χ1) is 14.9. The standard InChI is InChI=1S/C25H35FN2O3/c1-17-9-18(11-22(26)10-17)12-23(27)24(29)14-28-25(6-7-25)21-4-2-3-19(13-21)20-5-8-30-16-31-15-20/h2-4,9-11,19-20,23-24,28-29H,5-8,12-16,27H2,1H3. The van der Waals surface area contributed by atoms with E-state index in [2.05, 4.69) is 23.5 Å². The molecule has 5 nitrogen and oxygen atoms in total. The molecule has 0 radical (unpaired) electrons. The molecule has 4 N–H and O–H groups in total. The Balaban J connectivity index is 1.30. The van der Waals surface area contributed by atoms with Crippen molar-refractivity contribution in [2.45, 2.75) is 56.7 Å². The van der Waals surface area contributed by atoms with Gasteiger partial charge in [0.1, 0.15) is 12.6 Å². The smallest absolute Gasteiger partial charge is 0.146 e. The van der Waals surface area contributed by atoms with Gasteiger partial charge in [-0.05, 0) is 79.7 Å². The maximum absolute atomic E-state index is 13.6. The largest absolute Gasteiger partial charge is 0.390 e. The van der Waals surface area contributed by atoms with Crippen LogP contribution in [0.1, 0.15) is 36.8 Å². The number of benzene rings is 1. The molecule has 2 fully saturated rings. The molecule has 1 saturated heterocycles. The Morgan fingerprint density at radius 2 is 2.13 bits per heavy atom. The van der Waals surface area contributed by atoms with Gasteiger partial charge in [-0.15, -0.1) is 0 Å². The maximum atomic E-state index is 13.6. The SMILES string of the molecule is Cc1cc(F)cc(CC(N)C(O)CNC2(C3=CC=CC(C4CCOCOC4)C3)CC2)c1. The van der Waals surface area contributed by atoms with Crippen LogP contribution in [0.5, 0.6) is 0 Å². The van der Waals surface area contributed by atoms with Gasteiger partial charge in [-0.1, -0.05) is 24.3 Å². The van der Waals surface area contributed by atoms with Gasteiger partial charge in [0.15, 0.2) is 0 Å². The molecule has 4 rings (SSSR count). The quantitative estimate of drug-likeness (QED) is 0.591. The van der Waals surface area contributed by atoms with Crippen molar-refractivity contribution in [3.05, 3.63) is 58.9 Å². The lowest BCUT2D eigenvalue weighted by Gasteiger charge is -2.31. The molecule has 6 heteroatoms. The number of ether oxygens (including phenoxy) is 2. The topological polar surface area (TPSA) is 76.7 Å². The zero-order chi connectivity index (χ0) is 21.8. The van der Waals surface area contributed by atoms with Crippen molar-refractivity contribution in [1.82, 2.24) is 5.32 Å². The lowest BCUT2D eigenvalue weighted by atomic mass is 9.80. The fourth-order valence-corrected chi connectivity index (χ4v) is 4.88. The molecule has 1 heterocycles. The Kier molecular flexibility index (Phi) is 7.24. The Morgan fingerprint density at radius 1 is 1.29 bits per heavy atom. The fourth-order valence-electron chi connectivity index (χ4n) is 4.88. The van der Waals surface area contributed by atoms with Crippen LogP contribution >= 0.6 is 0 Å².